The van der Waals surface area contributed by atoms with Crippen LogP contribution in [0.15, 0.2) is 36.5 Å². The Hall–Kier alpha value is -3.01. The average molecular weight is 441 g/mol. The van der Waals surface area contributed by atoms with Gasteiger partial charge in [-0.1, -0.05) is 19.9 Å². The summed E-state index contributed by atoms with van der Waals surface area (Å²) in [7, 11) is 1.31. The van der Waals surface area contributed by atoms with Gasteiger partial charge in [0.25, 0.3) is 0 Å². The Morgan fingerprint density at radius 1 is 1.19 bits per heavy atom. The van der Waals surface area contributed by atoms with Crippen molar-refractivity contribution < 1.29 is 32.5 Å². The fraction of sp³-hybridized carbons (Fsp3) is 0.429. The molecule has 0 spiro atoms. The van der Waals surface area contributed by atoms with Crippen LogP contribution < -0.4 is 20.1 Å². The van der Waals surface area contributed by atoms with Gasteiger partial charge in [0.1, 0.15) is 12.4 Å². The number of alkyl halides is 3. The first-order chi connectivity index (χ1) is 14.3. The van der Waals surface area contributed by atoms with Crippen molar-refractivity contribution in [2.45, 2.75) is 39.1 Å². The van der Waals surface area contributed by atoms with Gasteiger partial charge in [0.15, 0.2) is 11.5 Å². The van der Waals surface area contributed by atoms with Crippen molar-refractivity contribution in [3.63, 3.8) is 0 Å². The van der Waals surface area contributed by atoms with Gasteiger partial charge in [-0.3, -0.25) is 4.90 Å². The quantitative estimate of drug-likeness (QED) is 0.605. The van der Waals surface area contributed by atoms with Crippen molar-refractivity contribution in [3.8, 4) is 22.6 Å². The Kier molecular flexibility index (Phi) is 7.37. The number of nitrogens with zero attached hydrogens (tertiary/aromatic N) is 2. The van der Waals surface area contributed by atoms with Gasteiger partial charge < -0.3 is 20.3 Å². The van der Waals surface area contributed by atoms with Gasteiger partial charge in [-0.15, -0.1) is 13.2 Å². The lowest BCUT2D eigenvalue weighted by Crippen LogP contribution is -2.43. The van der Waals surface area contributed by atoms with Gasteiger partial charge in [0, 0.05) is 18.8 Å². The van der Waals surface area contributed by atoms with Crippen molar-refractivity contribution in [1.29, 1.82) is 0 Å². The number of carbonyl (C=O) groups is 1. The summed E-state index contributed by atoms with van der Waals surface area (Å²) < 4.78 is 48.7. The summed E-state index contributed by atoms with van der Waals surface area (Å²) in [5.74, 6) is -0.207. The fourth-order valence-electron chi connectivity index (χ4n) is 3.12. The fourth-order valence-corrected chi connectivity index (χ4v) is 3.12. The Labute approximate surface area is 178 Å². The number of aromatic nitrogens is 1. The number of nitrogens with two attached hydrogens (primary N) is 1. The minimum atomic E-state index is -4.92. The van der Waals surface area contributed by atoms with E-state index in [-0.39, 0.29) is 24.1 Å². The number of hydrogen-bond acceptors (Lipinski definition) is 5. The second-order valence-electron chi connectivity index (χ2n) is 7.99. The second-order valence-corrected chi connectivity index (χ2v) is 7.99. The van der Waals surface area contributed by atoms with Gasteiger partial charge in [-0.05, 0) is 54.7 Å². The third-order valence-electron chi connectivity index (χ3n) is 4.31. The van der Waals surface area contributed by atoms with E-state index in [1.807, 2.05) is 13.8 Å². The Morgan fingerprint density at radius 3 is 2.42 bits per heavy atom. The van der Waals surface area contributed by atoms with Crippen LogP contribution >= 0.6 is 0 Å². The van der Waals surface area contributed by atoms with Crippen molar-refractivity contribution in [1.82, 2.24) is 4.98 Å². The number of anilines is 1. The molecule has 1 atom stereocenters. The van der Waals surface area contributed by atoms with E-state index < -0.39 is 23.7 Å². The van der Waals surface area contributed by atoms with E-state index in [1.165, 1.54) is 31.4 Å². The van der Waals surface area contributed by atoms with Crippen LogP contribution in [0.2, 0.25) is 0 Å². The second kappa shape index (κ2) is 9.42. The van der Waals surface area contributed by atoms with Gasteiger partial charge >= 0.3 is 12.5 Å². The molecule has 1 heterocycles. The standard InChI is InChI=1S/C21H26F3N3O4/c1-13(2)11-20(3,25)12-30-16-6-5-14(9-17(16)31-21(22,23)24)15-7-8-26-18(10-15)27(4)19(28)29/h5-10,13H,11-12,25H2,1-4H3,(H,28,29)/t20-/m0/s1. The Balaban J connectivity index is 2.37. The molecule has 2 rings (SSSR count). The van der Waals surface area contributed by atoms with E-state index in [2.05, 4.69) is 9.72 Å². The molecule has 0 saturated carbocycles. The molecule has 0 fully saturated rings. The minimum Gasteiger partial charge on any atom is -0.488 e. The summed E-state index contributed by atoms with van der Waals surface area (Å²) >= 11 is 0. The third kappa shape index (κ3) is 7.32. The smallest absolute Gasteiger partial charge is 0.488 e. The normalized spacial score (nSPS) is 13.6. The molecule has 1 amide bonds. The zero-order valence-corrected chi connectivity index (χ0v) is 17.7. The predicted octanol–water partition coefficient (Wildman–Crippen LogP) is 4.90. The summed E-state index contributed by atoms with van der Waals surface area (Å²) in [5.41, 5.74) is 6.28. The number of benzene rings is 1. The lowest BCUT2D eigenvalue weighted by atomic mass is 9.93. The van der Waals surface area contributed by atoms with E-state index >= 15 is 0 Å². The van der Waals surface area contributed by atoms with Crippen molar-refractivity contribution in [3.05, 3.63) is 36.5 Å². The van der Waals surface area contributed by atoms with Crippen LogP contribution in [0.5, 0.6) is 11.5 Å². The van der Waals surface area contributed by atoms with Crippen LogP contribution in [0.25, 0.3) is 11.1 Å². The molecule has 0 saturated heterocycles. The molecule has 2 aromatic rings. The first-order valence-electron chi connectivity index (χ1n) is 9.52. The van der Waals surface area contributed by atoms with E-state index in [9.17, 15) is 18.0 Å². The van der Waals surface area contributed by atoms with Crippen LogP contribution in [-0.2, 0) is 0 Å². The molecule has 3 N–H and O–H groups in total. The molecule has 170 valence electrons. The molecule has 0 radical (unpaired) electrons. The zero-order chi connectivity index (χ0) is 23.4. The molecular weight excluding hydrogens is 415 g/mol. The van der Waals surface area contributed by atoms with Gasteiger partial charge in [0.05, 0.1) is 0 Å². The first kappa shape index (κ1) is 24.3. The number of carboxylic acid groups (broad SMARTS) is 1. The zero-order valence-electron chi connectivity index (χ0n) is 17.7. The number of ether oxygens (including phenoxy) is 2. The molecular formula is C21H26F3N3O4. The third-order valence-corrected chi connectivity index (χ3v) is 4.31. The largest absolute Gasteiger partial charge is 0.573 e. The lowest BCUT2D eigenvalue weighted by Gasteiger charge is -2.27. The van der Waals surface area contributed by atoms with Crippen LogP contribution in [0.1, 0.15) is 27.2 Å². The van der Waals surface area contributed by atoms with E-state index in [0.29, 0.717) is 17.5 Å². The van der Waals surface area contributed by atoms with E-state index in [1.54, 1.807) is 19.1 Å². The summed E-state index contributed by atoms with van der Waals surface area (Å²) in [6, 6.07) is 7.09. The maximum atomic E-state index is 13.0. The summed E-state index contributed by atoms with van der Waals surface area (Å²) in [6.07, 6.45) is -4.16. The minimum absolute atomic E-state index is 0.00154. The molecule has 7 nitrogen and oxygen atoms in total. The molecule has 0 aliphatic carbocycles. The number of halogens is 3. The number of rotatable bonds is 8. The van der Waals surface area contributed by atoms with E-state index in [4.69, 9.17) is 15.6 Å². The predicted molar refractivity (Wildman–Crippen MR) is 110 cm³/mol. The highest BCUT2D eigenvalue weighted by Crippen LogP contribution is 2.37. The summed E-state index contributed by atoms with van der Waals surface area (Å²) in [5, 5.41) is 9.10. The monoisotopic (exact) mass is 441 g/mol. The van der Waals surface area contributed by atoms with Crippen molar-refractivity contribution in [2.75, 3.05) is 18.6 Å². The molecule has 0 bridgehead atoms. The highest BCUT2D eigenvalue weighted by Gasteiger charge is 2.33. The highest BCUT2D eigenvalue weighted by atomic mass is 19.4. The molecule has 1 aromatic carbocycles. The van der Waals surface area contributed by atoms with Crippen molar-refractivity contribution >= 4 is 11.9 Å². The summed E-state index contributed by atoms with van der Waals surface area (Å²) in [4.78, 5) is 16.0. The molecule has 31 heavy (non-hydrogen) atoms. The molecule has 1 aromatic heterocycles. The number of hydrogen-bond donors (Lipinski definition) is 2. The van der Waals surface area contributed by atoms with Crippen LogP contribution in [0, 0.1) is 5.92 Å². The van der Waals surface area contributed by atoms with Crippen LogP contribution in [0.3, 0.4) is 0 Å². The molecule has 0 aliphatic rings. The average Bonchev–Trinajstić information content (AvgIpc) is 2.64. The van der Waals surface area contributed by atoms with Gasteiger partial charge in [0.2, 0.25) is 0 Å². The Morgan fingerprint density at radius 2 is 1.84 bits per heavy atom. The first-order valence-corrected chi connectivity index (χ1v) is 9.52. The topological polar surface area (TPSA) is 97.9 Å². The molecule has 0 unspecified atom stereocenters. The summed E-state index contributed by atoms with van der Waals surface area (Å²) in [6.45, 7) is 5.75. The van der Waals surface area contributed by atoms with E-state index in [0.717, 1.165) is 4.90 Å². The van der Waals surface area contributed by atoms with Gasteiger partial charge in [-0.2, -0.15) is 0 Å². The molecule has 10 heteroatoms. The number of pyridine rings is 1. The maximum Gasteiger partial charge on any atom is 0.573 e. The number of amides is 1. The lowest BCUT2D eigenvalue weighted by molar-refractivity contribution is -0.275. The SMILES string of the molecule is CC(C)C[C@](C)(N)COc1ccc(-c2ccnc(N(C)C(=O)O)c2)cc1OC(F)(F)F. The Bertz CT molecular complexity index is 917. The van der Waals surface area contributed by atoms with Crippen LogP contribution in [0.4, 0.5) is 23.8 Å². The van der Waals surface area contributed by atoms with Crippen LogP contribution in [-0.4, -0.2) is 41.7 Å². The maximum absolute atomic E-state index is 13.0. The van der Waals surface area contributed by atoms with Gasteiger partial charge in [-0.25, -0.2) is 9.78 Å². The highest BCUT2D eigenvalue weighted by molar-refractivity contribution is 5.85. The molecule has 0 aliphatic heterocycles. The van der Waals surface area contributed by atoms with Crippen molar-refractivity contribution in [2.24, 2.45) is 11.7 Å².